The number of likely N-dealkylation sites (tertiary alicyclic amines) is 1. The number of carbonyl (C=O) groups excluding carboxylic acids is 2. The molecule has 1 spiro atoms. The molecule has 0 aliphatic carbocycles. The largest absolute Gasteiger partial charge is 0.550 e. The zero-order chi connectivity index (χ0) is 12.2. The molecule has 4 atom stereocenters. The summed E-state index contributed by atoms with van der Waals surface area (Å²) in [5.74, 6) is -2.70. The van der Waals surface area contributed by atoms with E-state index in [1.807, 2.05) is 13.0 Å². The van der Waals surface area contributed by atoms with Crippen LogP contribution in [-0.2, 0) is 14.3 Å². The number of aliphatic carboxylic acids is 1. The van der Waals surface area contributed by atoms with E-state index in [9.17, 15) is 14.7 Å². The average molecular weight is 236 g/mol. The number of carbonyl (C=O) groups is 2. The van der Waals surface area contributed by atoms with E-state index in [2.05, 4.69) is 0 Å². The lowest BCUT2D eigenvalue weighted by Gasteiger charge is -2.24. The van der Waals surface area contributed by atoms with Crippen LogP contribution < -0.4 is 5.11 Å². The van der Waals surface area contributed by atoms with E-state index in [0.29, 0.717) is 13.1 Å². The molecule has 0 saturated carbocycles. The third-order valence-electron chi connectivity index (χ3n) is 3.94. The summed E-state index contributed by atoms with van der Waals surface area (Å²) in [5, 5.41) is 11.1. The highest BCUT2D eigenvalue weighted by Gasteiger charge is 2.65. The van der Waals surface area contributed by atoms with E-state index in [1.165, 1.54) is 0 Å². The molecule has 3 aliphatic heterocycles. The second-order valence-corrected chi connectivity index (χ2v) is 4.98. The molecule has 3 rings (SSSR count). The van der Waals surface area contributed by atoms with E-state index in [-0.39, 0.29) is 5.91 Å². The standard InChI is InChI=1S/C12H15NO4/c1-2-5-13-6-12-4-3-7(17-12)8(11(15)16)9(12)10(13)14/h3-4,7-9H,2,5-6H2,1H3,(H,15,16)/p-1/t7-,8+,9-,12-/m1/s1. The minimum Gasteiger partial charge on any atom is -0.550 e. The van der Waals surface area contributed by atoms with Crippen molar-refractivity contribution in [2.24, 2.45) is 11.8 Å². The zero-order valence-electron chi connectivity index (χ0n) is 9.59. The normalized spacial score (nSPS) is 42.3. The van der Waals surface area contributed by atoms with Crippen molar-refractivity contribution in [3.8, 4) is 0 Å². The minimum atomic E-state index is -1.18. The molecule has 5 nitrogen and oxygen atoms in total. The molecule has 3 aliphatic rings. The van der Waals surface area contributed by atoms with Gasteiger partial charge < -0.3 is 19.5 Å². The number of amides is 1. The van der Waals surface area contributed by atoms with Crippen LogP contribution in [0.1, 0.15) is 13.3 Å². The third-order valence-corrected chi connectivity index (χ3v) is 3.94. The summed E-state index contributed by atoms with van der Waals surface area (Å²) in [5.41, 5.74) is -0.707. The van der Waals surface area contributed by atoms with Gasteiger partial charge in [0.05, 0.1) is 18.6 Å². The molecule has 0 aromatic carbocycles. The molecule has 3 heterocycles. The highest BCUT2D eigenvalue weighted by Crippen LogP contribution is 2.51. The van der Waals surface area contributed by atoms with Gasteiger partial charge in [-0.25, -0.2) is 0 Å². The first-order valence-electron chi connectivity index (χ1n) is 5.96. The smallest absolute Gasteiger partial charge is 0.229 e. The molecule has 0 unspecified atom stereocenters. The van der Waals surface area contributed by atoms with Crippen molar-refractivity contribution < 1.29 is 19.4 Å². The Labute approximate surface area is 99.0 Å². The van der Waals surface area contributed by atoms with Crippen LogP contribution in [0.25, 0.3) is 0 Å². The molecule has 0 N–H and O–H groups in total. The Kier molecular flexibility index (Phi) is 2.10. The highest BCUT2D eigenvalue weighted by molar-refractivity contribution is 5.90. The van der Waals surface area contributed by atoms with Gasteiger partial charge in [0.15, 0.2) is 0 Å². The van der Waals surface area contributed by atoms with Gasteiger partial charge in [0.1, 0.15) is 5.60 Å². The maximum absolute atomic E-state index is 12.2. The zero-order valence-corrected chi connectivity index (χ0v) is 9.59. The first-order chi connectivity index (χ1) is 8.09. The molecule has 92 valence electrons. The van der Waals surface area contributed by atoms with E-state index < -0.39 is 29.5 Å². The summed E-state index contributed by atoms with van der Waals surface area (Å²) >= 11 is 0. The second kappa shape index (κ2) is 3.32. The van der Waals surface area contributed by atoms with Crippen molar-refractivity contribution in [1.29, 1.82) is 0 Å². The molecule has 17 heavy (non-hydrogen) atoms. The topological polar surface area (TPSA) is 69.7 Å². The van der Waals surface area contributed by atoms with E-state index in [1.54, 1.807) is 11.0 Å². The van der Waals surface area contributed by atoms with Gasteiger partial charge in [-0.15, -0.1) is 0 Å². The van der Waals surface area contributed by atoms with Gasteiger partial charge >= 0.3 is 0 Å². The summed E-state index contributed by atoms with van der Waals surface area (Å²) in [6, 6.07) is 0. The molecule has 0 aromatic rings. The average Bonchev–Trinajstić information content (AvgIpc) is 2.88. The molecular formula is C12H14NO4-. The maximum Gasteiger partial charge on any atom is 0.229 e. The van der Waals surface area contributed by atoms with Crippen LogP contribution >= 0.6 is 0 Å². The summed E-state index contributed by atoms with van der Waals surface area (Å²) in [6.07, 6.45) is 3.98. The van der Waals surface area contributed by atoms with Gasteiger partial charge in [-0.1, -0.05) is 19.1 Å². The Balaban J connectivity index is 1.96. The van der Waals surface area contributed by atoms with Crippen LogP contribution in [0, 0.1) is 11.8 Å². The minimum absolute atomic E-state index is 0.104. The lowest BCUT2D eigenvalue weighted by Crippen LogP contribution is -2.45. The van der Waals surface area contributed by atoms with Gasteiger partial charge in [0, 0.05) is 18.4 Å². The van der Waals surface area contributed by atoms with E-state index in [0.717, 1.165) is 6.42 Å². The highest BCUT2D eigenvalue weighted by atomic mass is 16.5. The van der Waals surface area contributed by atoms with Crippen molar-refractivity contribution in [2.45, 2.75) is 25.0 Å². The second-order valence-electron chi connectivity index (χ2n) is 4.98. The number of rotatable bonds is 3. The predicted octanol–water partition coefficient (Wildman–Crippen LogP) is -1.07. The Morgan fingerprint density at radius 2 is 2.47 bits per heavy atom. The quantitative estimate of drug-likeness (QED) is 0.585. The number of hydrogen-bond donors (Lipinski definition) is 0. The Morgan fingerprint density at radius 3 is 3.12 bits per heavy atom. The van der Waals surface area contributed by atoms with Gasteiger partial charge in [-0.2, -0.15) is 0 Å². The molecule has 0 radical (unpaired) electrons. The van der Waals surface area contributed by atoms with Crippen LogP contribution in [0.4, 0.5) is 0 Å². The van der Waals surface area contributed by atoms with Crippen molar-refractivity contribution in [3.63, 3.8) is 0 Å². The fourth-order valence-corrected chi connectivity index (χ4v) is 3.31. The van der Waals surface area contributed by atoms with Crippen LogP contribution in [0.5, 0.6) is 0 Å². The number of carboxylic acids is 1. The fraction of sp³-hybridized carbons (Fsp3) is 0.667. The molecular weight excluding hydrogens is 222 g/mol. The molecule has 1 amide bonds. The summed E-state index contributed by atoms with van der Waals surface area (Å²) in [6.45, 7) is 3.11. The molecule has 2 fully saturated rings. The number of ether oxygens (including phenoxy) is 1. The molecule has 2 bridgehead atoms. The predicted molar refractivity (Wildman–Crippen MR) is 55.6 cm³/mol. The third kappa shape index (κ3) is 1.23. The van der Waals surface area contributed by atoms with Gasteiger partial charge in [-0.3, -0.25) is 4.79 Å². The first kappa shape index (κ1) is 10.8. The number of carboxylic acid groups (broad SMARTS) is 1. The van der Waals surface area contributed by atoms with Crippen LogP contribution in [0.3, 0.4) is 0 Å². The van der Waals surface area contributed by atoms with E-state index in [4.69, 9.17) is 4.74 Å². The Bertz CT molecular complexity index is 419. The molecule has 0 aromatic heterocycles. The Morgan fingerprint density at radius 1 is 1.71 bits per heavy atom. The summed E-state index contributed by atoms with van der Waals surface area (Å²) < 4.78 is 5.71. The van der Waals surface area contributed by atoms with Crippen molar-refractivity contribution in [1.82, 2.24) is 4.90 Å². The molecule has 5 heteroatoms. The number of nitrogens with zero attached hydrogens (tertiary/aromatic N) is 1. The summed E-state index contributed by atoms with van der Waals surface area (Å²) in [7, 11) is 0. The van der Waals surface area contributed by atoms with Crippen molar-refractivity contribution in [3.05, 3.63) is 12.2 Å². The number of hydrogen-bond acceptors (Lipinski definition) is 4. The summed E-state index contributed by atoms with van der Waals surface area (Å²) in [4.78, 5) is 25.0. The lowest BCUT2D eigenvalue weighted by atomic mass is 9.77. The van der Waals surface area contributed by atoms with E-state index >= 15 is 0 Å². The van der Waals surface area contributed by atoms with Crippen molar-refractivity contribution >= 4 is 11.9 Å². The lowest BCUT2D eigenvalue weighted by molar-refractivity contribution is -0.313. The van der Waals surface area contributed by atoms with Crippen LogP contribution in [0.2, 0.25) is 0 Å². The van der Waals surface area contributed by atoms with Crippen LogP contribution in [-0.4, -0.2) is 41.6 Å². The van der Waals surface area contributed by atoms with Gasteiger partial charge in [-0.05, 0) is 6.42 Å². The SMILES string of the molecule is CCCN1C[C@@]23C=C[C@@H](O2)[C@H](C(=O)[O-])[C@@H]3C1=O. The Hall–Kier alpha value is -1.36. The molecule has 2 saturated heterocycles. The monoisotopic (exact) mass is 236 g/mol. The number of fused-ring (bicyclic) bond motifs is 1. The van der Waals surface area contributed by atoms with Gasteiger partial charge in [0.2, 0.25) is 5.91 Å². The van der Waals surface area contributed by atoms with Gasteiger partial charge in [0.25, 0.3) is 0 Å². The van der Waals surface area contributed by atoms with Crippen molar-refractivity contribution in [2.75, 3.05) is 13.1 Å². The fourth-order valence-electron chi connectivity index (χ4n) is 3.31. The first-order valence-corrected chi connectivity index (χ1v) is 5.96. The maximum atomic E-state index is 12.2. The van der Waals surface area contributed by atoms with Crippen LogP contribution in [0.15, 0.2) is 12.2 Å².